The first-order valence-electron chi connectivity index (χ1n) is 14.1. The van der Waals surface area contributed by atoms with E-state index < -0.39 is 17.9 Å². The summed E-state index contributed by atoms with van der Waals surface area (Å²) in [6, 6.07) is 14.9. The van der Waals surface area contributed by atoms with Crippen LogP contribution in [0.2, 0.25) is 15.1 Å². The normalized spacial score (nSPS) is 11.6. The van der Waals surface area contributed by atoms with Gasteiger partial charge >= 0.3 is 0 Å². The van der Waals surface area contributed by atoms with Gasteiger partial charge in [0.1, 0.15) is 11.5 Å². The van der Waals surface area contributed by atoms with Crippen molar-refractivity contribution in [3.8, 4) is 11.5 Å². The molecule has 220 valence electrons. The number of halogens is 3. The Kier molecular flexibility index (Phi) is 13.1. The van der Waals surface area contributed by atoms with E-state index in [0.29, 0.717) is 17.2 Å². The highest BCUT2D eigenvalue weighted by Crippen LogP contribution is 2.35. The number of hydrogen-bond acceptors (Lipinski definition) is 4. The smallest absolute Gasteiger partial charge is 0.265 e. The summed E-state index contributed by atoms with van der Waals surface area (Å²) in [5, 5.41) is 16.8. The lowest BCUT2D eigenvalue weighted by molar-refractivity contribution is -0.123. The number of nitrogens with one attached hydrogen (secondary N) is 2. The molecule has 3 aromatic carbocycles. The van der Waals surface area contributed by atoms with E-state index in [0.717, 1.165) is 56.9 Å². The average molecular weight is 620 g/mol. The lowest BCUT2D eigenvalue weighted by atomic mass is 10.1. The molecule has 3 rings (SSSR count). The van der Waals surface area contributed by atoms with Crippen LogP contribution in [0, 0.1) is 0 Å². The Morgan fingerprint density at radius 2 is 1.54 bits per heavy atom. The van der Waals surface area contributed by atoms with Gasteiger partial charge in [-0.1, -0.05) is 99.0 Å². The monoisotopic (exact) mass is 618 g/mol. The molecule has 0 spiro atoms. The fourth-order valence-corrected chi connectivity index (χ4v) is 5.01. The van der Waals surface area contributed by atoms with Gasteiger partial charge in [-0.15, -0.1) is 0 Å². The lowest BCUT2D eigenvalue weighted by Gasteiger charge is -2.21. The van der Waals surface area contributed by atoms with Crippen molar-refractivity contribution in [3.05, 3.63) is 80.8 Å². The van der Waals surface area contributed by atoms with Crippen molar-refractivity contribution in [1.29, 1.82) is 0 Å². The van der Waals surface area contributed by atoms with Gasteiger partial charge in [-0.2, -0.15) is 0 Å². The number of ether oxygens (including phenoxy) is 1. The number of carbonyl (C=O) groups excluding carboxylic acids is 2. The molecule has 3 N–H and O–H groups in total. The Hall–Kier alpha value is -2.93. The Morgan fingerprint density at radius 1 is 0.805 bits per heavy atom. The largest absolute Gasteiger partial charge is 0.506 e. The predicted molar refractivity (Wildman–Crippen MR) is 169 cm³/mol. The maximum atomic E-state index is 13.4. The van der Waals surface area contributed by atoms with Gasteiger partial charge in [0, 0.05) is 6.07 Å². The highest BCUT2D eigenvalue weighted by Gasteiger charge is 2.23. The third-order valence-electron chi connectivity index (χ3n) is 6.66. The zero-order valence-corrected chi connectivity index (χ0v) is 25.7. The van der Waals surface area contributed by atoms with Gasteiger partial charge in [0.05, 0.1) is 32.0 Å². The van der Waals surface area contributed by atoms with Crippen LogP contribution in [0.3, 0.4) is 0 Å². The summed E-state index contributed by atoms with van der Waals surface area (Å²) >= 11 is 19.1. The summed E-state index contributed by atoms with van der Waals surface area (Å²) in [4.78, 5) is 26.0. The first-order valence-corrected chi connectivity index (χ1v) is 15.2. The summed E-state index contributed by atoms with van der Waals surface area (Å²) in [6.07, 6.45) is 7.87. The van der Waals surface area contributed by atoms with Gasteiger partial charge in [-0.25, -0.2) is 0 Å². The van der Waals surface area contributed by atoms with Crippen LogP contribution in [0.4, 0.5) is 11.4 Å². The van der Waals surface area contributed by atoms with E-state index in [4.69, 9.17) is 39.5 Å². The molecular formula is C32H37Cl3N2O4. The molecule has 0 fully saturated rings. The average Bonchev–Trinajstić information content (AvgIpc) is 2.94. The molecule has 1 unspecified atom stereocenters. The molecule has 0 heterocycles. The summed E-state index contributed by atoms with van der Waals surface area (Å²) in [6.45, 7) is 4.29. The highest BCUT2D eigenvalue weighted by atomic mass is 35.5. The van der Waals surface area contributed by atoms with Gasteiger partial charge in [0.2, 0.25) is 0 Å². The van der Waals surface area contributed by atoms with Crippen molar-refractivity contribution >= 4 is 58.0 Å². The standard InChI is InChI=1S/C32H37Cl3N2O4/c1-3-5-7-9-15-30(41-29-17-16-21(18-25(29)35)12-8-6-4-2)32(40)36-26-20-28(38)27(19-24(26)34)37-31(39)22-13-10-11-14-23(22)33/h10-11,13-14,16-20,30,38H,3-9,12,15H2,1-2H3,(H,36,40)(H,37,39). The highest BCUT2D eigenvalue weighted by molar-refractivity contribution is 6.35. The molecule has 0 aliphatic rings. The fourth-order valence-electron chi connectivity index (χ4n) is 4.33. The fraction of sp³-hybridized carbons (Fsp3) is 0.375. The summed E-state index contributed by atoms with van der Waals surface area (Å²) < 4.78 is 6.13. The van der Waals surface area contributed by atoms with Crippen LogP contribution in [0.5, 0.6) is 11.5 Å². The first kappa shape index (κ1) is 32.6. The van der Waals surface area contributed by atoms with Crippen molar-refractivity contribution < 1.29 is 19.4 Å². The number of phenolic OH excluding ortho intramolecular Hbond substituents is 1. The first-order chi connectivity index (χ1) is 19.7. The minimum absolute atomic E-state index is 0.0797. The number of amides is 2. The number of aryl methyl sites for hydroxylation is 1. The zero-order valence-electron chi connectivity index (χ0n) is 23.4. The number of aromatic hydroxyl groups is 1. The molecule has 3 aromatic rings. The number of benzene rings is 3. The molecule has 9 heteroatoms. The van der Waals surface area contributed by atoms with Crippen molar-refractivity contribution in [1.82, 2.24) is 0 Å². The van der Waals surface area contributed by atoms with Gasteiger partial charge in [-0.3, -0.25) is 9.59 Å². The van der Waals surface area contributed by atoms with Crippen LogP contribution in [0.15, 0.2) is 54.6 Å². The minimum atomic E-state index is -0.826. The lowest BCUT2D eigenvalue weighted by Crippen LogP contribution is -2.33. The Balaban J connectivity index is 1.74. The molecule has 0 aliphatic heterocycles. The molecule has 0 aliphatic carbocycles. The van der Waals surface area contributed by atoms with Crippen LogP contribution in [-0.4, -0.2) is 23.0 Å². The van der Waals surface area contributed by atoms with Gasteiger partial charge in [-0.05, 0) is 61.6 Å². The summed E-state index contributed by atoms with van der Waals surface area (Å²) in [7, 11) is 0. The SMILES string of the molecule is CCCCCCC(Oc1ccc(CCCCC)cc1Cl)C(=O)Nc1cc(O)c(NC(=O)c2ccccc2Cl)cc1Cl. The van der Waals surface area contributed by atoms with Crippen molar-refractivity contribution in [2.75, 3.05) is 10.6 Å². The van der Waals surface area contributed by atoms with Crippen LogP contribution in [0.1, 0.15) is 81.1 Å². The van der Waals surface area contributed by atoms with Crippen LogP contribution in [-0.2, 0) is 11.2 Å². The zero-order chi connectivity index (χ0) is 29.8. The summed E-state index contributed by atoms with van der Waals surface area (Å²) in [5.41, 5.74) is 1.64. The maximum Gasteiger partial charge on any atom is 0.265 e. The van der Waals surface area contributed by atoms with Gasteiger partial charge in [0.15, 0.2) is 6.10 Å². The number of hydrogen-bond donors (Lipinski definition) is 3. The topological polar surface area (TPSA) is 87.7 Å². The van der Waals surface area contributed by atoms with E-state index in [9.17, 15) is 14.7 Å². The van der Waals surface area contributed by atoms with E-state index >= 15 is 0 Å². The number of rotatable bonds is 15. The molecule has 41 heavy (non-hydrogen) atoms. The predicted octanol–water partition coefficient (Wildman–Crippen LogP) is 9.69. The van der Waals surface area contributed by atoms with Crippen molar-refractivity contribution in [2.24, 2.45) is 0 Å². The minimum Gasteiger partial charge on any atom is -0.506 e. The van der Waals surface area contributed by atoms with Crippen molar-refractivity contribution in [3.63, 3.8) is 0 Å². The molecule has 0 radical (unpaired) electrons. The molecule has 2 amide bonds. The van der Waals surface area contributed by atoms with E-state index in [1.165, 1.54) is 12.1 Å². The number of phenols is 1. The molecule has 0 bridgehead atoms. The molecule has 0 saturated carbocycles. The second-order valence-corrected chi connectivity index (χ2v) is 11.2. The Morgan fingerprint density at radius 3 is 2.24 bits per heavy atom. The number of unbranched alkanes of at least 4 members (excludes halogenated alkanes) is 5. The number of anilines is 2. The van der Waals surface area contributed by atoms with Crippen LogP contribution in [0.25, 0.3) is 0 Å². The van der Waals surface area contributed by atoms with E-state index in [-0.39, 0.29) is 32.7 Å². The van der Waals surface area contributed by atoms with E-state index in [2.05, 4.69) is 24.5 Å². The Labute approximate surface area is 257 Å². The molecule has 0 saturated heterocycles. The number of carbonyl (C=O) groups is 2. The second-order valence-electron chi connectivity index (χ2n) is 9.95. The third-order valence-corrected chi connectivity index (χ3v) is 7.59. The maximum absolute atomic E-state index is 13.4. The Bertz CT molecular complexity index is 1330. The second kappa shape index (κ2) is 16.5. The van der Waals surface area contributed by atoms with Crippen molar-refractivity contribution in [2.45, 2.75) is 77.7 Å². The molecular weight excluding hydrogens is 583 g/mol. The van der Waals surface area contributed by atoms with Gasteiger partial charge in [0.25, 0.3) is 11.8 Å². The van der Waals surface area contributed by atoms with Gasteiger partial charge < -0.3 is 20.5 Å². The quantitative estimate of drug-likeness (QED) is 0.117. The van der Waals surface area contributed by atoms with E-state index in [1.807, 2.05) is 18.2 Å². The summed E-state index contributed by atoms with van der Waals surface area (Å²) in [5.74, 6) is -0.758. The molecule has 6 nitrogen and oxygen atoms in total. The van der Waals surface area contributed by atoms with Crippen LogP contribution < -0.4 is 15.4 Å². The molecule has 1 atom stereocenters. The van der Waals surface area contributed by atoms with E-state index in [1.54, 1.807) is 24.3 Å². The van der Waals surface area contributed by atoms with Crippen LogP contribution >= 0.6 is 34.8 Å². The molecule has 0 aromatic heterocycles. The third kappa shape index (κ3) is 9.84.